The van der Waals surface area contributed by atoms with Crippen LogP contribution in [-0.2, 0) is 11.4 Å². The van der Waals surface area contributed by atoms with Gasteiger partial charge in [-0.25, -0.2) is 0 Å². The van der Waals surface area contributed by atoms with Crippen LogP contribution < -0.4 is 4.89 Å². The number of nitrogens with zero attached hydrogens (tertiary/aromatic N) is 2. The Kier molecular flexibility index (Phi) is 6.29. The highest BCUT2D eigenvalue weighted by Crippen LogP contribution is 2.19. The molecule has 106 valence electrons. The number of hydrogen-bond acceptors (Lipinski definition) is 4. The van der Waals surface area contributed by atoms with E-state index in [-0.39, 0.29) is 0 Å². The smallest absolute Gasteiger partial charge is 0.184 e. The van der Waals surface area contributed by atoms with E-state index in [2.05, 4.69) is 10.4 Å². The number of para-hydroxylation sites is 1. The van der Waals surface area contributed by atoms with Gasteiger partial charge in [0.15, 0.2) is 5.75 Å². The Hall–Kier alpha value is -2.88. The fraction of sp³-hybridized carbons (Fsp3) is 0.0588. The molecule has 1 aromatic rings. The summed E-state index contributed by atoms with van der Waals surface area (Å²) < 4.78 is 0. The van der Waals surface area contributed by atoms with Gasteiger partial charge in [-0.3, -0.25) is 4.89 Å². The van der Waals surface area contributed by atoms with E-state index < -0.39 is 0 Å². The Balaban J connectivity index is 2.13. The Morgan fingerprint density at radius 3 is 2.38 bits per heavy atom. The molecule has 0 radical (unpaired) electrons. The van der Waals surface area contributed by atoms with E-state index in [4.69, 9.17) is 9.88 Å². The van der Waals surface area contributed by atoms with Crippen molar-refractivity contribution < 1.29 is 9.88 Å². The molecule has 2 rings (SSSR count). The van der Waals surface area contributed by atoms with Gasteiger partial charge in [0.25, 0.3) is 0 Å². The summed E-state index contributed by atoms with van der Waals surface area (Å²) in [7, 11) is 0. The molecule has 0 fully saturated rings. The molecule has 0 saturated heterocycles. The largest absolute Gasteiger partial charge is 0.266 e. The van der Waals surface area contributed by atoms with Gasteiger partial charge in [-0.1, -0.05) is 66.8 Å². The molecule has 4 heteroatoms. The van der Waals surface area contributed by atoms with Crippen LogP contribution in [0.4, 0.5) is 0 Å². The van der Waals surface area contributed by atoms with Crippen LogP contribution in [0.2, 0.25) is 0 Å². The topological polar surface area (TPSA) is 43.2 Å². The van der Waals surface area contributed by atoms with E-state index in [0.717, 1.165) is 12.0 Å². The maximum Gasteiger partial charge on any atom is 0.184 e. The lowest BCUT2D eigenvalue weighted by Gasteiger charge is -2.04. The lowest BCUT2D eigenvalue weighted by Crippen LogP contribution is -1.94. The van der Waals surface area contributed by atoms with Gasteiger partial charge in [0.05, 0.1) is 11.5 Å². The SMILES string of the molecule is C1=C\C=C\C=C/C=C/Cc2ccccc2OO\N=N\C=C/1. The van der Waals surface area contributed by atoms with Gasteiger partial charge in [-0.2, -0.15) is 0 Å². The predicted molar refractivity (Wildman–Crippen MR) is 82.4 cm³/mol. The zero-order valence-electron chi connectivity index (χ0n) is 11.5. The summed E-state index contributed by atoms with van der Waals surface area (Å²) in [6.45, 7) is 0. The van der Waals surface area contributed by atoms with Gasteiger partial charge in [0, 0.05) is 5.56 Å². The van der Waals surface area contributed by atoms with Gasteiger partial charge >= 0.3 is 0 Å². The van der Waals surface area contributed by atoms with Crippen molar-refractivity contribution in [3.05, 3.63) is 90.7 Å². The first-order valence-corrected chi connectivity index (χ1v) is 6.60. The van der Waals surface area contributed by atoms with Crippen molar-refractivity contribution in [2.75, 3.05) is 0 Å². The summed E-state index contributed by atoms with van der Waals surface area (Å²) in [4.78, 5) is 9.85. The molecule has 0 saturated carbocycles. The Morgan fingerprint density at radius 2 is 1.52 bits per heavy atom. The van der Waals surface area contributed by atoms with Crippen LogP contribution in [0.5, 0.6) is 5.75 Å². The molecule has 0 aliphatic carbocycles. The van der Waals surface area contributed by atoms with Gasteiger partial charge < -0.3 is 0 Å². The fourth-order valence-corrected chi connectivity index (χ4v) is 1.60. The van der Waals surface area contributed by atoms with Crippen LogP contribution in [0, 0.1) is 0 Å². The molecule has 1 heterocycles. The molecule has 1 aliphatic heterocycles. The molecule has 0 atom stereocenters. The number of allylic oxidation sites excluding steroid dienone is 9. The van der Waals surface area contributed by atoms with E-state index >= 15 is 0 Å². The molecular weight excluding hydrogens is 264 g/mol. The van der Waals surface area contributed by atoms with Crippen molar-refractivity contribution in [1.82, 2.24) is 0 Å². The van der Waals surface area contributed by atoms with Crippen molar-refractivity contribution in [1.29, 1.82) is 0 Å². The Morgan fingerprint density at radius 1 is 0.810 bits per heavy atom. The minimum Gasteiger partial charge on any atom is -0.266 e. The number of rotatable bonds is 0. The van der Waals surface area contributed by atoms with E-state index in [1.807, 2.05) is 72.9 Å². The van der Waals surface area contributed by atoms with Crippen molar-refractivity contribution in [2.24, 2.45) is 10.4 Å². The minimum absolute atomic E-state index is 0.623. The minimum atomic E-state index is 0.623. The summed E-state index contributed by atoms with van der Waals surface area (Å²) in [5.74, 6) is 0.623. The monoisotopic (exact) mass is 280 g/mol. The van der Waals surface area contributed by atoms with Crippen molar-refractivity contribution in [3.8, 4) is 5.75 Å². The van der Waals surface area contributed by atoms with Crippen molar-refractivity contribution in [3.63, 3.8) is 0 Å². The molecular formula is C17H16N2O2. The molecule has 0 aromatic heterocycles. The highest BCUT2D eigenvalue weighted by Gasteiger charge is 2.02. The third-order valence-electron chi connectivity index (χ3n) is 2.58. The predicted octanol–water partition coefficient (Wildman–Crippen LogP) is 4.66. The third-order valence-corrected chi connectivity index (χ3v) is 2.58. The first-order chi connectivity index (χ1) is 10.5. The molecule has 1 aliphatic rings. The molecule has 0 spiro atoms. The number of hydrogen-bond donors (Lipinski definition) is 0. The second kappa shape index (κ2) is 9.09. The van der Waals surface area contributed by atoms with Gasteiger partial charge in [0.1, 0.15) is 0 Å². The first-order valence-electron chi connectivity index (χ1n) is 6.60. The molecule has 1 aromatic carbocycles. The maximum absolute atomic E-state index is 5.14. The highest BCUT2D eigenvalue weighted by atomic mass is 17.3. The summed E-state index contributed by atoms with van der Waals surface area (Å²) >= 11 is 0. The molecule has 0 amide bonds. The van der Waals surface area contributed by atoms with Gasteiger partial charge in [-0.15, -0.1) is 10.1 Å². The second-order valence-electron chi connectivity index (χ2n) is 4.09. The van der Waals surface area contributed by atoms with E-state index in [0.29, 0.717) is 5.75 Å². The standard InChI is InChI=1S/C17H16N2O2/c1-2-4-6-8-12-16-13-9-10-14-17(16)20-21-19-18-15-11-7-5-3-1/h1-11,13-15H,12H2/b3-1+,4-2-,7-5-,8-6+,15-11-,19-18+. The van der Waals surface area contributed by atoms with E-state index in [9.17, 15) is 0 Å². The molecule has 0 bridgehead atoms. The van der Waals surface area contributed by atoms with Gasteiger partial charge in [-0.05, 0) is 18.6 Å². The summed E-state index contributed by atoms with van der Waals surface area (Å²) in [6, 6.07) is 7.62. The van der Waals surface area contributed by atoms with Crippen LogP contribution in [0.15, 0.2) is 95.5 Å². The normalized spacial score (nSPS) is 24.2. The third kappa shape index (κ3) is 5.74. The van der Waals surface area contributed by atoms with E-state index in [1.54, 1.807) is 6.08 Å². The lowest BCUT2D eigenvalue weighted by atomic mass is 10.1. The average molecular weight is 280 g/mol. The van der Waals surface area contributed by atoms with Crippen molar-refractivity contribution in [2.45, 2.75) is 6.42 Å². The first kappa shape index (κ1) is 14.5. The molecule has 0 N–H and O–H groups in total. The summed E-state index contributed by atoms with van der Waals surface area (Å²) in [5.41, 5.74) is 1.01. The fourth-order valence-electron chi connectivity index (χ4n) is 1.60. The van der Waals surface area contributed by atoms with Crippen LogP contribution in [-0.4, -0.2) is 0 Å². The van der Waals surface area contributed by atoms with E-state index in [1.165, 1.54) is 6.20 Å². The zero-order valence-corrected chi connectivity index (χ0v) is 11.5. The Labute approximate surface area is 124 Å². The summed E-state index contributed by atoms with van der Waals surface area (Å²) in [5, 5.41) is 7.14. The molecule has 0 unspecified atom stereocenters. The molecule has 4 nitrogen and oxygen atoms in total. The number of fused-ring (bicyclic) bond motifs is 1. The van der Waals surface area contributed by atoms with Crippen LogP contribution in [0.3, 0.4) is 0 Å². The molecule has 21 heavy (non-hydrogen) atoms. The highest BCUT2D eigenvalue weighted by molar-refractivity contribution is 5.34. The quantitative estimate of drug-likeness (QED) is 0.649. The van der Waals surface area contributed by atoms with Crippen LogP contribution in [0.25, 0.3) is 0 Å². The van der Waals surface area contributed by atoms with Crippen LogP contribution in [0.1, 0.15) is 5.56 Å². The van der Waals surface area contributed by atoms with Gasteiger partial charge in [0.2, 0.25) is 0 Å². The zero-order chi connectivity index (χ0) is 14.6. The Bertz CT molecular complexity index is 611. The van der Waals surface area contributed by atoms with Crippen LogP contribution >= 0.6 is 0 Å². The average Bonchev–Trinajstić information content (AvgIpc) is 2.52. The van der Waals surface area contributed by atoms with Crippen molar-refractivity contribution >= 4 is 0 Å². The summed E-state index contributed by atoms with van der Waals surface area (Å²) in [6.07, 6.45) is 19.6. The number of benzene rings is 1. The maximum atomic E-state index is 5.14. The lowest BCUT2D eigenvalue weighted by molar-refractivity contribution is -0.215. The second-order valence-corrected chi connectivity index (χ2v) is 4.09.